The van der Waals surface area contributed by atoms with Gasteiger partial charge in [-0.15, -0.1) is 0 Å². The third-order valence-electron chi connectivity index (χ3n) is 3.41. The topological polar surface area (TPSA) is 51.5 Å². The molecule has 4 nitrogen and oxygen atoms in total. The van der Waals surface area contributed by atoms with Crippen molar-refractivity contribution < 1.29 is 9.53 Å². The summed E-state index contributed by atoms with van der Waals surface area (Å²) in [5, 5.41) is 0.356. The first-order valence-electron chi connectivity index (χ1n) is 6.51. The normalized spacial score (nSPS) is 17.0. The van der Waals surface area contributed by atoms with Crippen LogP contribution in [0, 0.1) is 0 Å². The molecule has 2 heterocycles. The van der Waals surface area contributed by atoms with Crippen molar-refractivity contribution in [2.24, 2.45) is 4.99 Å². The van der Waals surface area contributed by atoms with E-state index < -0.39 is 0 Å². The number of methoxy groups -OCH3 is 1. The van der Waals surface area contributed by atoms with Crippen molar-refractivity contribution in [3.63, 3.8) is 0 Å². The highest BCUT2D eigenvalue weighted by Gasteiger charge is 2.29. The summed E-state index contributed by atoms with van der Waals surface area (Å²) in [6.07, 6.45) is 5.94. The number of carbonyl (C=O) groups is 1. The standard InChI is InChI=1S/C16H13ClN2O2/c1-9-7-11-12(19-9)4-5-13(21-2)15(11)16(20)10-3-6-14(17)18-8-10/h3,5-8H,4H2,1-2H3. The monoisotopic (exact) mass is 300 g/mol. The minimum atomic E-state index is -0.138. The Bertz CT molecular complexity index is 740. The number of hydrogen-bond acceptors (Lipinski definition) is 4. The molecular formula is C16H13ClN2O2. The van der Waals surface area contributed by atoms with Crippen LogP contribution in [0.15, 0.2) is 58.1 Å². The minimum absolute atomic E-state index is 0.138. The second-order valence-electron chi connectivity index (χ2n) is 4.81. The highest BCUT2D eigenvalue weighted by atomic mass is 35.5. The highest BCUT2D eigenvalue weighted by molar-refractivity contribution is 6.29. The number of ketones is 1. The maximum absolute atomic E-state index is 12.8. The number of rotatable bonds is 3. The molecule has 0 unspecified atom stereocenters. The smallest absolute Gasteiger partial charge is 0.198 e. The van der Waals surface area contributed by atoms with E-state index in [1.807, 2.05) is 19.1 Å². The van der Waals surface area contributed by atoms with Crippen molar-refractivity contribution in [1.82, 2.24) is 4.98 Å². The third kappa shape index (κ3) is 2.43. The summed E-state index contributed by atoms with van der Waals surface area (Å²) in [5.74, 6) is 0.440. The quantitative estimate of drug-likeness (QED) is 0.634. The average Bonchev–Trinajstić information content (AvgIpc) is 2.86. The van der Waals surface area contributed by atoms with Crippen LogP contribution in [0.4, 0.5) is 0 Å². The minimum Gasteiger partial charge on any atom is -0.496 e. The van der Waals surface area contributed by atoms with E-state index in [0.717, 1.165) is 17.0 Å². The summed E-state index contributed by atoms with van der Waals surface area (Å²) < 4.78 is 5.37. The van der Waals surface area contributed by atoms with Crippen molar-refractivity contribution in [3.05, 3.63) is 63.8 Å². The van der Waals surface area contributed by atoms with Gasteiger partial charge in [-0.1, -0.05) is 11.6 Å². The molecular weight excluding hydrogens is 288 g/mol. The molecule has 2 aliphatic rings. The summed E-state index contributed by atoms with van der Waals surface area (Å²) in [4.78, 5) is 21.2. The number of nitrogens with zero attached hydrogens (tertiary/aromatic N) is 2. The predicted octanol–water partition coefficient (Wildman–Crippen LogP) is 3.51. The largest absolute Gasteiger partial charge is 0.496 e. The molecule has 0 aromatic carbocycles. The van der Waals surface area contributed by atoms with Gasteiger partial charge in [0.05, 0.1) is 18.4 Å². The molecule has 21 heavy (non-hydrogen) atoms. The number of Topliss-reactive ketones (excluding diaryl/α,β-unsaturated/α-hetero) is 1. The molecule has 106 valence electrons. The van der Waals surface area contributed by atoms with Crippen molar-refractivity contribution >= 4 is 23.1 Å². The Labute approximate surface area is 127 Å². The molecule has 0 radical (unpaired) electrons. The van der Waals surface area contributed by atoms with E-state index in [4.69, 9.17) is 16.3 Å². The molecule has 1 aromatic rings. The molecule has 3 rings (SSSR count). The Balaban J connectivity index is 2.11. The van der Waals surface area contributed by atoms with Crippen LogP contribution in [0.3, 0.4) is 0 Å². The Morgan fingerprint density at radius 1 is 1.38 bits per heavy atom. The van der Waals surface area contributed by atoms with Crippen molar-refractivity contribution in [3.8, 4) is 0 Å². The Morgan fingerprint density at radius 2 is 2.19 bits per heavy atom. The van der Waals surface area contributed by atoms with Gasteiger partial charge in [0.2, 0.25) is 0 Å². The second kappa shape index (κ2) is 5.30. The van der Waals surface area contributed by atoms with Crippen LogP contribution in [-0.4, -0.2) is 23.6 Å². The highest BCUT2D eigenvalue weighted by Crippen LogP contribution is 2.32. The summed E-state index contributed by atoms with van der Waals surface area (Å²) in [5.41, 5.74) is 3.64. The first-order chi connectivity index (χ1) is 10.1. The molecule has 0 saturated heterocycles. The molecule has 0 amide bonds. The average molecular weight is 301 g/mol. The lowest BCUT2D eigenvalue weighted by atomic mass is 9.90. The molecule has 1 aliphatic heterocycles. The molecule has 0 fully saturated rings. The number of pyridine rings is 1. The van der Waals surface area contributed by atoms with E-state index in [-0.39, 0.29) is 5.78 Å². The fraction of sp³-hybridized carbons (Fsp3) is 0.188. The van der Waals surface area contributed by atoms with Gasteiger partial charge < -0.3 is 4.74 Å². The first-order valence-corrected chi connectivity index (χ1v) is 6.89. The maximum atomic E-state index is 12.8. The number of halogens is 1. The Morgan fingerprint density at radius 3 is 2.86 bits per heavy atom. The van der Waals surface area contributed by atoms with Crippen LogP contribution in [0.25, 0.3) is 0 Å². The maximum Gasteiger partial charge on any atom is 0.198 e. The molecule has 0 bridgehead atoms. The van der Waals surface area contributed by atoms with Gasteiger partial charge >= 0.3 is 0 Å². The van der Waals surface area contributed by atoms with Gasteiger partial charge in [0.1, 0.15) is 10.9 Å². The Kier molecular flexibility index (Phi) is 3.47. The van der Waals surface area contributed by atoms with Crippen molar-refractivity contribution in [1.29, 1.82) is 0 Å². The SMILES string of the molecule is COC1=CCC2=NC(C)=CC2=C1C(=O)c1ccc(Cl)nc1. The van der Waals surface area contributed by atoms with Crippen molar-refractivity contribution in [2.75, 3.05) is 7.11 Å². The number of aromatic nitrogens is 1. The van der Waals surface area contributed by atoms with E-state index in [9.17, 15) is 4.79 Å². The fourth-order valence-corrected chi connectivity index (χ4v) is 2.58. The summed E-state index contributed by atoms with van der Waals surface area (Å²) >= 11 is 5.77. The van der Waals surface area contributed by atoms with Gasteiger partial charge in [0.25, 0.3) is 0 Å². The van der Waals surface area contributed by atoms with E-state index >= 15 is 0 Å². The fourth-order valence-electron chi connectivity index (χ4n) is 2.47. The zero-order chi connectivity index (χ0) is 15.0. The summed E-state index contributed by atoms with van der Waals surface area (Å²) in [7, 11) is 1.56. The molecule has 1 aromatic heterocycles. The number of ether oxygens (including phenoxy) is 1. The van der Waals surface area contributed by atoms with Crippen LogP contribution >= 0.6 is 11.6 Å². The molecule has 0 spiro atoms. The van der Waals surface area contributed by atoms with Gasteiger partial charge in [-0.3, -0.25) is 9.79 Å². The summed E-state index contributed by atoms with van der Waals surface area (Å²) in [6.45, 7) is 1.91. The van der Waals surface area contributed by atoms with Gasteiger partial charge in [-0.25, -0.2) is 4.98 Å². The summed E-state index contributed by atoms with van der Waals surface area (Å²) in [6, 6.07) is 3.26. The molecule has 0 saturated carbocycles. The molecule has 1 aliphatic carbocycles. The number of fused-ring (bicyclic) bond motifs is 1. The number of hydrogen-bond donors (Lipinski definition) is 0. The van der Waals surface area contributed by atoms with Gasteiger partial charge in [0.15, 0.2) is 5.78 Å². The zero-order valence-corrected chi connectivity index (χ0v) is 12.4. The van der Waals surface area contributed by atoms with Crippen molar-refractivity contribution in [2.45, 2.75) is 13.3 Å². The first kappa shape index (κ1) is 13.8. The third-order valence-corrected chi connectivity index (χ3v) is 3.63. The Hall–Kier alpha value is -2.20. The number of aliphatic imine (C=N–C) groups is 1. The zero-order valence-electron chi connectivity index (χ0n) is 11.7. The lowest BCUT2D eigenvalue weighted by Crippen LogP contribution is -2.17. The van der Waals surface area contributed by atoms with Crippen LogP contribution in [-0.2, 0) is 4.74 Å². The van der Waals surface area contributed by atoms with E-state index in [1.165, 1.54) is 6.20 Å². The number of carbonyl (C=O) groups excluding carboxylic acids is 1. The second-order valence-corrected chi connectivity index (χ2v) is 5.20. The molecule has 0 N–H and O–H groups in total. The van der Waals surface area contributed by atoms with Crippen LogP contribution in [0.5, 0.6) is 0 Å². The molecule has 0 atom stereocenters. The van der Waals surface area contributed by atoms with Crippen LogP contribution in [0.1, 0.15) is 23.7 Å². The number of allylic oxidation sites excluding steroid dienone is 5. The van der Waals surface area contributed by atoms with E-state index in [2.05, 4.69) is 9.98 Å². The van der Waals surface area contributed by atoms with E-state index in [1.54, 1.807) is 19.2 Å². The molecule has 5 heteroatoms. The van der Waals surface area contributed by atoms with Gasteiger partial charge in [-0.2, -0.15) is 0 Å². The predicted molar refractivity (Wildman–Crippen MR) is 81.5 cm³/mol. The van der Waals surface area contributed by atoms with E-state index in [0.29, 0.717) is 28.5 Å². The van der Waals surface area contributed by atoms with Gasteiger partial charge in [0, 0.05) is 29.5 Å². The van der Waals surface area contributed by atoms with Crippen LogP contribution < -0.4 is 0 Å². The van der Waals surface area contributed by atoms with Gasteiger partial charge in [-0.05, 0) is 31.2 Å². The van der Waals surface area contributed by atoms with Crippen LogP contribution in [0.2, 0.25) is 5.15 Å². The lowest BCUT2D eigenvalue weighted by molar-refractivity contribution is 0.102. The lowest BCUT2D eigenvalue weighted by Gasteiger charge is -2.18.